The molecule has 0 fully saturated rings. The molecule has 2 rings (SSSR count). The Bertz CT molecular complexity index is 664. The minimum absolute atomic E-state index is 0.0705. The molecule has 2 N–H and O–H groups in total. The molecule has 110 valence electrons. The van der Waals surface area contributed by atoms with Gasteiger partial charge in [-0.2, -0.15) is 0 Å². The highest BCUT2D eigenvalue weighted by Gasteiger charge is 2.25. The summed E-state index contributed by atoms with van der Waals surface area (Å²) in [7, 11) is -1.94. The second-order valence-electron chi connectivity index (χ2n) is 4.24. The van der Waals surface area contributed by atoms with Crippen LogP contribution in [0.15, 0.2) is 42.9 Å². The van der Waals surface area contributed by atoms with Crippen molar-refractivity contribution >= 4 is 26.0 Å². The number of furan rings is 2. The normalized spacial score (nSPS) is 13.6. The van der Waals surface area contributed by atoms with Gasteiger partial charge in [-0.3, -0.25) is 0 Å². The van der Waals surface area contributed by atoms with E-state index in [0.29, 0.717) is 18.1 Å². The first kappa shape index (κ1) is 15.3. The molecular weight excluding hydrogens is 348 g/mol. The lowest BCUT2D eigenvalue weighted by atomic mass is 10.3. The van der Waals surface area contributed by atoms with E-state index in [4.69, 9.17) is 8.83 Å². The Morgan fingerprint density at radius 2 is 2.20 bits per heavy atom. The molecule has 6 nitrogen and oxygen atoms in total. The molecule has 0 spiro atoms. The Morgan fingerprint density at radius 3 is 2.80 bits per heavy atom. The average molecular weight is 363 g/mol. The topological polar surface area (TPSA) is 84.5 Å². The van der Waals surface area contributed by atoms with Gasteiger partial charge in [0.2, 0.25) is 10.0 Å². The van der Waals surface area contributed by atoms with Gasteiger partial charge in [-0.1, -0.05) is 0 Å². The van der Waals surface area contributed by atoms with Gasteiger partial charge in [0.1, 0.15) is 16.4 Å². The fourth-order valence-corrected chi connectivity index (χ4v) is 3.94. The third-order valence-electron chi connectivity index (χ3n) is 2.65. The minimum atomic E-state index is -3.69. The maximum Gasteiger partial charge on any atom is 0.245 e. The van der Waals surface area contributed by atoms with Crippen LogP contribution in [0.5, 0.6) is 0 Å². The third kappa shape index (κ3) is 3.32. The van der Waals surface area contributed by atoms with Gasteiger partial charge in [-0.25, -0.2) is 13.1 Å². The number of nitrogens with one attached hydrogen (secondary N) is 2. The van der Waals surface area contributed by atoms with Crippen molar-refractivity contribution in [2.24, 2.45) is 0 Å². The van der Waals surface area contributed by atoms with E-state index in [2.05, 4.69) is 26.0 Å². The van der Waals surface area contributed by atoms with Gasteiger partial charge in [-0.15, -0.1) is 0 Å². The van der Waals surface area contributed by atoms with Crippen molar-refractivity contribution in [3.8, 4) is 0 Å². The second-order valence-corrected chi connectivity index (χ2v) is 6.64. The first-order chi connectivity index (χ1) is 9.44. The van der Waals surface area contributed by atoms with Crippen molar-refractivity contribution in [2.45, 2.75) is 24.4 Å². The number of hydrogen-bond acceptors (Lipinski definition) is 5. The Morgan fingerprint density at radius 1 is 1.45 bits per heavy atom. The van der Waals surface area contributed by atoms with Crippen LogP contribution in [-0.4, -0.2) is 15.5 Å². The monoisotopic (exact) mass is 362 g/mol. The molecule has 2 heterocycles. The zero-order valence-electron chi connectivity index (χ0n) is 11.0. The molecule has 0 bridgehead atoms. The van der Waals surface area contributed by atoms with Crippen molar-refractivity contribution in [3.63, 3.8) is 0 Å². The van der Waals surface area contributed by atoms with Crippen LogP contribution in [-0.2, 0) is 16.6 Å². The van der Waals surface area contributed by atoms with Gasteiger partial charge in [-0.05, 0) is 42.0 Å². The van der Waals surface area contributed by atoms with Crippen LogP contribution in [0.4, 0.5) is 0 Å². The fraction of sp³-hybridized carbons (Fsp3) is 0.333. The van der Waals surface area contributed by atoms with Crippen molar-refractivity contribution in [2.75, 3.05) is 7.05 Å². The van der Waals surface area contributed by atoms with Gasteiger partial charge in [0, 0.05) is 6.07 Å². The number of rotatable bonds is 6. The maximum absolute atomic E-state index is 12.3. The molecular formula is C12H15BrN2O4S. The van der Waals surface area contributed by atoms with Crippen LogP contribution in [0.25, 0.3) is 0 Å². The summed E-state index contributed by atoms with van der Waals surface area (Å²) in [6.45, 7) is 2.15. The zero-order chi connectivity index (χ0) is 14.8. The molecule has 0 aliphatic carbocycles. The van der Waals surface area contributed by atoms with E-state index < -0.39 is 16.1 Å². The molecule has 0 amide bonds. The fourth-order valence-electron chi connectivity index (χ4n) is 1.73. The molecule has 2 aromatic heterocycles. The van der Waals surface area contributed by atoms with Gasteiger partial charge >= 0.3 is 0 Å². The van der Waals surface area contributed by atoms with Crippen LogP contribution in [0.1, 0.15) is 24.5 Å². The molecule has 0 saturated carbocycles. The van der Waals surface area contributed by atoms with E-state index in [1.165, 1.54) is 12.3 Å². The summed E-state index contributed by atoms with van der Waals surface area (Å²) in [6.07, 6.45) is 1.50. The number of sulfonamides is 1. The Kier molecular flexibility index (Phi) is 4.69. The highest BCUT2D eigenvalue weighted by molar-refractivity contribution is 9.10. The molecule has 20 heavy (non-hydrogen) atoms. The molecule has 1 atom stereocenters. The van der Waals surface area contributed by atoms with Gasteiger partial charge < -0.3 is 14.2 Å². The summed E-state index contributed by atoms with van der Waals surface area (Å²) in [4.78, 5) is 0.0705. The van der Waals surface area contributed by atoms with E-state index in [1.807, 2.05) is 0 Å². The molecule has 0 aliphatic rings. The highest BCUT2D eigenvalue weighted by Crippen LogP contribution is 2.27. The minimum Gasteiger partial charge on any atom is -0.468 e. The first-order valence-corrected chi connectivity index (χ1v) is 8.20. The average Bonchev–Trinajstić information content (AvgIpc) is 2.98. The second kappa shape index (κ2) is 6.13. The summed E-state index contributed by atoms with van der Waals surface area (Å²) in [5, 5.41) is 2.89. The van der Waals surface area contributed by atoms with E-state index in [1.54, 1.807) is 26.1 Å². The predicted molar refractivity (Wildman–Crippen MR) is 76.6 cm³/mol. The van der Waals surface area contributed by atoms with Crippen molar-refractivity contribution in [3.05, 3.63) is 40.7 Å². The molecule has 0 aromatic carbocycles. The van der Waals surface area contributed by atoms with Crippen molar-refractivity contribution in [1.29, 1.82) is 0 Å². The third-order valence-corrected chi connectivity index (χ3v) is 5.05. The van der Waals surface area contributed by atoms with Crippen LogP contribution in [0, 0.1) is 0 Å². The lowest BCUT2D eigenvalue weighted by Crippen LogP contribution is -2.26. The molecule has 2 aromatic rings. The first-order valence-electron chi connectivity index (χ1n) is 5.92. The predicted octanol–water partition coefficient (Wildman–Crippen LogP) is 2.39. The van der Waals surface area contributed by atoms with Crippen molar-refractivity contribution < 1.29 is 17.3 Å². The van der Waals surface area contributed by atoms with Crippen LogP contribution in [0.3, 0.4) is 0 Å². The zero-order valence-corrected chi connectivity index (χ0v) is 13.4. The summed E-state index contributed by atoms with van der Waals surface area (Å²) in [6, 6.07) is 4.44. The number of hydrogen-bond donors (Lipinski definition) is 2. The van der Waals surface area contributed by atoms with Crippen LogP contribution in [0.2, 0.25) is 0 Å². The summed E-state index contributed by atoms with van der Waals surface area (Å²) in [5.41, 5.74) is 0. The van der Waals surface area contributed by atoms with E-state index in [9.17, 15) is 8.42 Å². The lowest BCUT2D eigenvalue weighted by molar-refractivity contribution is 0.456. The molecule has 0 saturated heterocycles. The largest absolute Gasteiger partial charge is 0.468 e. The van der Waals surface area contributed by atoms with Gasteiger partial charge in [0.05, 0.1) is 18.8 Å². The summed E-state index contributed by atoms with van der Waals surface area (Å²) >= 11 is 3.12. The highest BCUT2D eigenvalue weighted by atomic mass is 79.9. The number of halogens is 1. The Hall–Kier alpha value is -1.09. The standard InChI is InChI=1S/C12H15BrN2O4S/c1-8(10-4-3-5-18-10)15-20(16,17)11-6-9(7-14-2)19-12(11)13/h3-6,8,14-15H,7H2,1-2H3. The summed E-state index contributed by atoms with van der Waals surface area (Å²) < 4.78 is 37.9. The molecule has 0 aliphatic heterocycles. The molecule has 0 radical (unpaired) electrons. The van der Waals surface area contributed by atoms with Crippen LogP contribution >= 0.6 is 15.9 Å². The van der Waals surface area contributed by atoms with E-state index >= 15 is 0 Å². The van der Waals surface area contributed by atoms with E-state index in [0.717, 1.165) is 0 Å². The smallest absolute Gasteiger partial charge is 0.245 e. The SMILES string of the molecule is CNCc1cc(S(=O)(=O)NC(C)c2ccco2)c(Br)o1. The van der Waals surface area contributed by atoms with Gasteiger partial charge in [0.15, 0.2) is 4.67 Å². The quantitative estimate of drug-likeness (QED) is 0.823. The van der Waals surface area contributed by atoms with Crippen LogP contribution < -0.4 is 10.0 Å². The lowest BCUT2D eigenvalue weighted by Gasteiger charge is -2.10. The van der Waals surface area contributed by atoms with Crippen molar-refractivity contribution in [1.82, 2.24) is 10.0 Å². The Balaban J connectivity index is 2.22. The molecule has 8 heteroatoms. The molecule has 1 unspecified atom stereocenters. The van der Waals surface area contributed by atoms with E-state index in [-0.39, 0.29) is 9.56 Å². The summed E-state index contributed by atoms with van der Waals surface area (Å²) in [5.74, 6) is 1.08. The maximum atomic E-state index is 12.3. The Labute approximate surface area is 125 Å². The van der Waals surface area contributed by atoms with Gasteiger partial charge in [0.25, 0.3) is 0 Å².